The van der Waals surface area contributed by atoms with Gasteiger partial charge < -0.3 is 9.47 Å². The molecule has 1 aromatic carbocycles. The van der Waals surface area contributed by atoms with E-state index in [-0.39, 0.29) is 11.5 Å². The number of Topliss-reactive ketones (excluding diaryl/α,β-unsaturated/α-hetero) is 1. The second kappa shape index (κ2) is 29.5. The molecule has 0 spiro atoms. The summed E-state index contributed by atoms with van der Waals surface area (Å²) in [5.74, 6) is 4.10. The van der Waals surface area contributed by atoms with Gasteiger partial charge in [0.15, 0.2) is 5.78 Å². The fourth-order valence-electron chi connectivity index (χ4n) is 8.07. The minimum absolute atomic E-state index is 0.192. The first-order chi connectivity index (χ1) is 26.9. The van der Waals surface area contributed by atoms with E-state index in [0.717, 1.165) is 54.9 Å². The number of allylic oxidation sites excluding steroid dienone is 4. The van der Waals surface area contributed by atoms with Crippen molar-refractivity contribution in [2.24, 2.45) is 35.5 Å². The number of benzene rings is 1. The number of hydrogen-bond acceptors (Lipinski definition) is 5. The Kier molecular flexibility index (Phi) is 27.1. The molecule has 326 valence electrons. The molecule has 0 N–H and O–H groups in total. The van der Waals surface area contributed by atoms with Crippen LogP contribution in [-0.2, 0) is 22.4 Å². The third-order valence-electron chi connectivity index (χ3n) is 11.9. The van der Waals surface area contributed by atoms with Crippen LogP contribution < -0.4 is 9.47 Å². The Morgan fingerprint density at radius 1 is 0.491 bits per heavy atom. The van der Waals surface area contributed by atoms with Crippen LogP contribution in [0.4, 0.5) is 0 Å². The smallest absolute Gasteiger partial charge is 0.308 e. The Balaban J connectivity index is 2.98. The van der Waals surface area contributed by atoms with Crippen LogP contribution in [0.25, 0.3) is 0 Å². The molecule has 0 saturated heterocycles. The van der Waals surface area contributed by atoms with Crippen molar-refractivity contribution in [2.45, 2.75) is 218 Å². The van der Waals surface area contributed by atoms with Crippen molar-refractivity contribution in [2.75, 3.05) is 0 Å². The lowest BCUT2D eigenvalue weighted by Crippen LogP contribution is -2.14. The van der Waals surface area contributed by atoms with Crippen LogP contribution in [0.2, 0.25) is 0 Å². The molecule has 5 nitrogen and oxygen atoms in total. The molecule has 4 atom stereocenters. The highest BCUT2D eigenvalue weighted by molar-refractivity contribution is 5.99. The molecule has 0 aliphatic heterocycles. The summed E-state index contributed by atoms with van der Waals surface area (Å²) in [7, 11) is 0. The molecule has 5 heteroatoms. The second-order valence-electron chi connectivity index (χ2n) is 19.2. The van der Waals surface area contributed by atoms with Gasteiger partial charge in [0.25, 0.3) is 0 Å². The van der Waals surface area contributed by atoms with E-state index in [1.54, 1.807) is 6.07 Å². The average Bonchev–Trinajstić information content (AvgIpc) is 3.10. The van der Waals surface area contributed by atoms with Crippen molar-refractivity contribution in [1.29, 1.82) is 0 Å². The van der Waals surface area contributed by atoms with Crippen molar-refractivity contribution in [3.63, 3.8) is 0 Å². The SMILES string of the molecule is CC(=O)Oc1c(C/C=C(\C)CCCC(C)CCCC(C)CCCC(C)C)cc(C(C)=O)c(OC(C)=O)c1C/C=C(\C)CCCC(C)CCCC(C)CCCC(C)C. The highest BCUT2D eigenvalue weighted by Gasteiger charge is 2.24. The minimum Gasteiger partial charge on any atom is -0.426 e. The summed E-state index contributed by atoms with van der Waals surface area (Å²) in [5, 5.41) is 0. The average molecular weight is 793 g/mol. The van der Waals surface area contributed by atoms with Crippen LogP contribution in [-0.4, -0.2) is 17.7 Å². The van der Waals surface area contributed by atoms with E-state index in [1.165, 1.54) is 122 Å². The molecule has 0 aliphatic carbocycles. The van der Waals surface area contributed by atoms with Crippen molar-refractivity contribution >= 4 is 17.7 Å². The molecular formula is C52H88O5. The van der Waals surface area contributed by atoms with Crippen LogP contribution in [0.15, 0.2) is 29.4 Å². The van der Waals surface area contributed by atoms with Gasteiger partial charge in [-0.25, -0.2) is 0 Å². The van der Waals surface area contributed by atoms with Gasteiger partial charge in [-0.1, -0.05) is 169 Å². The van der Waals surface area contributed by atoms with Crippen molar-refractivity contribution in [3.8, 4) is 11.5 Å². The van der Waals surface area contributed by atoms with Crippen molar-refractivity contribution < 1.29 is 23.9 Å². The van der Waals surface area contributed by atoms with E-state index < -0.39 is 11.9 Å². The third kappa shape index (κ3) is 24.7. The van der Waals surface area contributed by atoms with Gasteiger partial charge >= 0.3 is 11.9 Å². The topological polar surface area (TPSA) is 69.7 Å². The zero-order valence-electron chi connectivity index (χ0n) is 39.4. The van der Waals surface area contributed by atoms with E-state index in [4.69, 9.17) is 9.47 Å². The van der Waals surface area contributed by atoms with Crippen LogP contribution in [0.1, 0.15) is 227 Å². The Morgan fingerprint density at radius 3 is 1.21 bits per heavy atom. The summed E-state index contributed by atoms with van der Waals surface area (Å²) in [5.41, 5.74) is 4.19. The number of carbonyl (C=O) groups excluding carboxylic acids is 3. The summed E-state index contributed by atoms with van der Waals surface area (Å²) in [6, 6.07) is 1.75. The summed E-state index contributed by atoms with van der Waals surface area (Å²) in [6.45, 7) is 27.4. The standard InChI is InChI=1S/C52H88O5/c1-37(2)20-14-22-39(5)24-16-26-41(7)28-18-30-43(9)32-34-48-36-50(45(11)53)52(57-47(13)55)49(51(48)56-46(12)54)35-33-44(10)31-19-29-42(8)27-17-25-40(6)23-15-21-38(3)4/h32-33,36-42H,14-31,34-35H2,1-13H3/b43-32+,44-33+. The molecule has 0 bridgehead atoms. The van der Waals surface area contributed by atoms with E-state index in [1.807, 2.05) is 0 Å². The van der Waals surface area contributed by atoms with Gasteiger partial charge in [-0.2, -0.15) is 0 Å². The predicted molar refractivity (Wildman–Crippen MR) is 243 cm³/mol. The lowest BCUT2D eigenvalue weighted by molar-refractivity contribution is -0.132. The van der Waals surface area contributed by atoms with Crippen molar-refractivity contribution in [1.82, 2.24) is 0 Å². The number of hydrogen-bond donors (Lipinski definition) is 0. The Bertz CT molecular complexity index is 1380. The number of esters is 2. The first kappa shape index (κ1) is 52.3. The Morgan fingerprint density at radius 2 is 0.842 bits per heavy atom. The second-order valence-corrected chi connectivity index (χ2v) is 19.2. The van der Waals surface area contributed by atoms with Gasteiger partial charge in [-0.15, -0.1) is 0 Å². The van der Waals surface area contributed by atoms with Gasteiger partial charge in [0.2, 0.25) is 0 Å². The largest absolute Gasteiger partial charge is 0.426 e. The van der Waals surface area contributed by atoms with Crippen molar-refractivity contribution in [3.05, 3.63) is 46.1 Å². The molecule has 1 rings (SSSR count). The molecule has 0 amide bonds. The molecule has 4 unspecified atom stereocenters. The molecule has 0 heterocycles. The predicted octanol–water partition coefficient (Wildman–Crippen LogP) is 15.6. The first-order valence-corrected chi connectivity index (χ1v) is 23.3. The molecule has 0 fully saturated rings. The molecule has 0 aliphatic rings. The summed E-state index contributed by atoms with van der Waals surface area (Å²) in [4.78, 5) is 37.8. The molecule has 0 radical (unpaired) electrons. The molecular weight excluding hydrogens is 705 g/mol. The van der Waals surface area contributed by atoms with Crippen LogP contribution >= 0.6 is 0 Å². The number of ketones is 1. The summed E-state index contributed by atoms with van der Waals surface area (Å²) >= 11 is 0. The highest BCUT2D eigenvalue weighted by Crippen LogP contribution is 2.39. The third-order valence-corrected chi connectivity index (χ3v) is 11.9. The van der Waals surface area contributed by atoms with Crippen LogP contribution in [0.3, 0.4) is 0 Å². The molecule has 0 aromatic heterocycles. The summed E-state index contributed by atoms with van der Waals surface area (Å²) < 4.78 is 11.6. The number of rotatable bonds is 31. The molecule has 0 saturated carbocycles. The van der Waals surface area contributed by atoms with E-state index in [0.29, 0.717) is 41.6 Å². The van der Waals surface area contributed by atoms with Gasteiger partial charge in [0.05, 0.1) is 5.56 Å². The van der Waals surface area contributed by atoms with Gasteiger partial charge in [-0.3, -0.25) is 14.4 Å². The Hall–Kier alpha value is -2.69. The van der Waals surface area contributed by atoms with Gasteiger partial charge in [0, 0.05) is 19.4 Å². The highest BCUT2D eigenvalue weighted by atomic mass is 16.5. The molecule has 57 heavy (non-hydrogen) atoms. The first-order valence-electron chi connectivity index (χ1n) is 23.3. The Labute approximate surface area is 352 Å². The quantitative estimate of drug-likeness (QED) is 0.0324. The maximum atomic E-state index is 13.0. The normalized spacial score (nSPS) is 14.5. The lowest BCUT2D eigenvalue weighted by atomic mass is 9.91. The summed E-state index contributed by atoms with van der Waals surface area (Å²) in [6.07, 6.45) is 27.8. The van der Waals surface area contributed by atoms with E-state index in [2.05, 4.69) is 81.4 Å². The maximum absolute atomic E-state index is 13.0. The monoisotopic (exact) mass is 793 g/mol. The maximum Gasteiger partial charge on any atom is 0.308 e. The van der Waals surface area contributed by atoms with Gasteiger partial charge in [0.1, 0.15) is 11.5 Å². The fourth-order valence-corrected chi connectivity index (χ4v) is 8.07. The van der Waals surface area contributed by atoms with E-state index >= 15 is 0 Å². The molecule has 1 aromatic rings. The van der Waals surface area contributed by atoms with E-state index in [9.17, 15) is 14.4 Å². The zero-order valence-corrected chi connectivity index (χ0v) is 39.4. The van der Waals surface area contributed by atoms with Gasteiger partial charge in [-0.05, 0) is 106 Å². The van der Waals surface area contributed by atoms with Crippen LogP contribution in [0.5, 0.6) is 11.5 Å². The minimum atomic E-state index is -0.513. The fraction of sp³-hybridized carbons (Fsp3) is 0.750. The number of carbonyl (C=O) groups is 3. The lowest BCUT2D eigenvalue weighted by Gasteiger charge is -2.19. The zero-order chi connectivity index (χ0) is 42.9. The number of ether oxygens (including phenoxy) is 2. The van der Waals surface area contributed by atoms with Crippen LogP contribution in [0, 0.1) is 35.5 Å².